The van der Waals surface area contributed by atoms with Crippen LogP contribution < -0.4 is 29.6 Å². The van der Waals surface area contributed by atoms with Gasteiger partial charge in [-0.1, -0.05) is 35.2 Å². The summed E-state index contributed by atoms with van der Waals surface area (Å²) in [6.07, 6.45) is 2.97. The predicted octanol–water partition coefficient (Wildman–Crippen LogP) is 4.35. The number of amides is 2. The molecule has 0 saturated carbocycles. The number of anilines is 2. The Bertz CT molecular complexity index is 1210. The minimum Gasteiger partial charge on any atom is -0.493 e. The van der Waals surface area contributed by atoms with Crippen molar-refractivity contribution in [3.05, 3.63) is 48.0 Å². The first-order chi connectivity index (χ1) is 17.5. The maximum atomic E-state index is 12.4. The molecule has 2 aromatic carbocycles. The van der Waals surface area contributed by atoms with Gasteiger partial charge in [-0.05, 0) is 42.8 Å². The number of thioether (sulfide) groups is 1. The van der Waals surface area contributed by atoms with Crippen LogP contribution in [0, 0.1) is 0 Å². The molecule has 0 aliphatic carbocycles. The number of nitrogens with zero attached hydrogens (tertiary/aromatic N) is 2. The van der Waals surface area contributed by atoms with Gasteiger partial charge in [-0.2, -0.15) is 0 Å². The van der Waals surface area contributed by atoms with Gasteiger partial charge in [-0.3, -0.25) is 14.9 Å². The molecule has 0 unspecified atom stereocenters. The maximum absolute atomic E-state index is 12.4. The topological polar surface area (TPSA) is 121 Å². The fourth-order valence-corrected chi connectivity index (χ4v) is 4.55. The molecule has 0 spiro atoms. The smallest absolute Gasteiger partial charge is 0.250 e. The Hall–Kier alpha value is -3.77. The molecule has 2 amide bonds. The number of methoxy groups -OCH3 is 3. The van der Waals surface area contributed by atoms with Crippen molar-refractivity contribution in [2.24, 2.45) is 0 Å². The van der Waals surface area contributed by atoms with Crippen LogP contribution in [-0.2, 0) is 9.59 Å². The summed E-state index contributed by atoms with van der Waals surface area (Å²) in [5.41, 5.74) is 1.29. The van der Waals surface area contributed by atoms with Gasteiger partial charge in [0, 0.05) is 6.08 Å². The van der Waals surface area contributed by atoms with Crippen molar-refractivity contribution >= 4 is 51.8 Å². The van der Waals surface area contributed by atoms with E-state index in [0.717, 1.165) is 0 Å². The fraction of sp³-hybridized carbons (Fsp3) is 0.250. The van der Waals surface area contributed by atoms with Crippen molar-refractivity contribution in [3.8, 4) is 23.0 Å². The molecule has 10 nitrogen and oxygen atoms in total. The minimum absolute atomic E-state index is 0.129. The van der Waals surface area contributed by atoms with E-state index < -0.39 is 0 Å². The van der Waals surface area contributed by atoms with Crippen LogP contribution in [0.2, 0.25) is 0 Å². The molecule has 0 aliphatic heterocycles. The van der Waals surface area contributed by atoms with E-state index in [9.17, 15) is 9.59 Å². The number of carbonyl (C=O) groups is 2. The summed E-state index contributed by atoms with van der Waals surface area (Å²) in [5, 5.41) is 13.8. The highest BCUT2D eigenvalue weighted by Gasteiger charge is 2.13. The van der Waals surface area contributed by atoms with Crippen molar-refractivity contribution in [3.63, 3.8) is 0 Å². The van der Waals surface area contributed by atoms with Crippen LogP contribution >= 0.6 is 23.1 Å². The molecule has 0 fully saturated rings. The normalized spacial score (nSPS) is 10.7. The SMILES string of the molecule is CCOc1ccccc1NC(=O)CSc1nnc(NC(=O)/C=C/c2cc(OC)c(OC)c(OC)c2)s1. The molecular weight excluding hydrogens is 504 g/mol. The summed E-state index contributed by atoms with van der Waals surface area (Å²) in [6, 6.07) is 10.7. The lowest BCUT2D eigenvalue weighted by Crippen LogP contribution is -2.14. The quantitative estimate of drug-likeness (QED) is 0.200. The zero-order chi connectivity index (χ0) is 25.9. The van der Waals surface area contributed by atoms with Crippen LogP contribution in [0.25, 0.3) is 6.08 Å². The zero-order valence-electron chi connectivity index (χ0n) is 20.2. The number of hydrogen-bond donors (Lipinski definition) is 2. The van der Waals surface area contributed by atoms with Crippen LogP contribution in [0.4, 0.5) is 10.8 Å². The Labute approximate surface area is 217 Å². The first-order valence-electron chi connectivity index (χ1n) is 10.7. The van der Waals surface area contributed by atoms with Crippen molar-refractivity contribution in [1.82, 2.24) is 10.2 Å². The molecule has 0 aliphatic rings. The van der Waals surface area contributed by atoms with Crippen molar-refractivity contribution in [2.75, 3.05) is 44.3 Å². The Kier molecular flexibility index (Phi) is 9.95. The molecule has 3 rings (SSSR count). The number of aromatic nitrogens is 2. The van der Waals surface area contributed by atoms with Crippen LogP contribution in [0.15, 0.2) is 46.8 Å². The summed E-state index contributed by atoms with van der Waals surface area (Å²) in [4.78, 5) is 24.7. The molecule has 36 heavy (non-hydrogen) atoms. The highest BCUT2D eigenvalue weighted by Crippen LogP contribution is 2.38. The average Bonchev–Trinajstić information content (AvgIpc) is 3.33. The molecule has 0 radical (unpaired) electrons. The van der Waals surface area contributed by atoms with E-state index in [4.69, 9.17) is 18.9 Å². The van der Waals surface area contributed by atoms with Gasteiger partial charge >= 0.3 is 0 Å². The molecule has 0 atom stereocenters. The maximum Gasteiger partial charge on any atom is 0.250 e. The standard InChI is InChI=1S/C24H26N4O6S2/c1-5-34-17-9-7-6-8-16(17)25-21(30)14-35-24-28-27-23(36-24)26-20(29)11-10-15-12-18(31-2)22(33-4)19(13-15)32-3/h6-13H,5,14H2,1-4H3,(H,25,30)(H,26,27,29)/b11-10+. The molecule has 3 aromatic rings. The molecule has 2 N–H and O–H groups in total. The number of ether oxygens (including phenoxy) is 4. The Balaban J connectivity index is 1.54. The van der Waals surface area contributed by atoms with Gasteiger partial charge in [-0.25, -0.2) is 0 Å². The van der Waals surface area contributed by atoms with Gasteiger partial charge in [0.1, 0.15) is 5.75 Å². The molecular formula is C24H26N4O6S2. The van der Waals surface area contributed by atoms with Gasteiger partial charge in [0.2, 0.25) is 22.7 Å². The summed E-state index contributed by atoms with van der Waals surface area (Å²) in [6.45, 7) is 2.38. The van der Waals surface area contributed by atoms with E-state index in [1.54, 1.807) is 30.3 Å². The summed E-state index contributed by atoms with van der Waals surface area (Å²) in [7, 11) is 4.56. The molecule has 0 saturated heterocycles. The summed E-state index contributed by atoms with van der Waals surface area (Å²) < 4.78 is 22.0. The lowest BCUT2D eigenvalue weighted by atomic mass is 10.1. The van der Waals surface area contributed by atoms with E-state index in [0.29, 0.717) is 50.3 Å². The highest BCUT2D eigenvalue weighted by atomic mass is 32.2. The van der Waals surface area contributed by atoms with Crippen molar-refractivity contribution < 1.29 is 28.5 Å². The number of rotatable bonds is 12. The third-order valence-electron chi connectivity index (χ3n) is 4.54. The average molecular weight is 531 g/mol. The second-order valence-electron chi connectivity index (χ2n) is 6.92. The first-order valence-corrected chi connectivity index (χ1v) is 12.5. The Morgan fingerprint density at radius 2 is 1.72 bits per heavy atom. The number of benzene rings is 2. The zero-order valence-corrected chi connectivity index (χ0v) is 21.8. The van der Waals surface area contributed by atoms with Crippen LogP contribution in [0.3, 0.4) is 0 Å². The Morgan fingerprint density at radius 1 is 1.00 bits per heavy atom. The lowest BCUT2D eigenvalue weighted by Gasteiger charge is -2.12. The molecule has 12 heteroatoms. The van der Waals surface area contributed by atoms with Gasteiger partial charge in [0.25, 0.3) is 0 Å². The van der Waals surface area contributed by atoms with Gasteiger partial charge in [0.15, 0.2) is 15.8 Å². The number of nitrogens with one attached hydrogen (secondary N) is 2. The van der Waals surface area contributed by atoms with Gasteiger partial charge < -0.3 is 24.3 Å². The molecule has 1 aromatic heterocycles. The van der Waals surface area contributed by atoms with Crippen LogP contribution in [-0.4, -0.2) is 55.7 Å². The van der Waals surface area contributed by atoms with Gasteiger partial charge in [0.05, 0.1) is 39.4 Å². The third-order valence-corrected chi connectivity index (χ3v) is 6.51. The highest BCUT2D eigenvalue weighted by molar-refractivity contribution is 8.01. The monoisotopic (exact) mass is 530 g/mol. The number of carbonyl (C=O) groups excluding carboxylic acids is 2. The second-order valence-corrected chi connectivity index (χ2v) is 9.12. The van der Waals surface area contributed by atoms with Crippen molar-refractivity contribution in [2.45, 2.75) is 11.3 Å². The Morgan fingerprint density at radius 3 is 2.39 bits per heavy atom. The van der Waals surface area contributed by atoms with E-state index >= 15 is 0 Å². The van der Waals surface area contributed by atoms with E-state index in [2.05, 4.69) is 20.8 Å². The van der Waals surface area contributed by atoms with Crippen LogP contribution in [0.5, 0.6) is 23.0 Å². The van der Waals surface area contributed by atoms with Gasteiger partial charge in [-0.15, -0.1) is 10.2 Å². The fourth-order valence-electron chi connectivity index (χ4n) is 3.00. The third kappa shape index (κ3) is 7.36. The summed E-state index contributed by atoms with van der Waals surface area (Å²) >= 11 is 2.39. The lowest BCUT2D eigenvalue weighted by molar-refractivity contribution is -0.114. The molecule has 190 valence electrons. The molecule has 0 bridgehead atoms. The largest absolute Gasteiger partial charge is 0.493 e. The van der Waals surface area contributed by atoms with Crippen molar-refractivity contribution in [1.29, 1.82) is 0 Å². The van der Waals surface area contributed by atoms with Crippen LogP contribution in [0.1, 0.15) is 12.5 Å². The van der Waals surface area contributed by atoms with E-state index in [-0.39, 0.29) is 17.6 Å². The predicted molar refractivity (Wildman–Crippen MR) is 141 cm³/mol. The summed E-state index contributed by atoms with van der Waals surface area (Å²) in [5.74, 6) is 1.57. The number of para-hydroxylation sites is 2. The minimum atomic E-state index is -0.387. The number of hydrogen-bond acceptors (Lipinski definition) is 10. The van der Waals surface area contributed by atoms with E-state index in [1.165, 1.54) is 50.5 Å². The second kappa shape index (κ2) is 13.4. The van der Waals surface area contributed by atoms with E-state index in [1.807, 2.05) is 19.1 Å². The first kappa shape index (κ1) is 26.8. The molecule has 1 heterocycles.